The van der Waals surface area contributed by atoms with Gasteiger partial charge in [-0.2, -0.15) is 5.10 Å². The molecule has 7 heteroatoms. The Bertz CT molecular complexity index is 1240. The number of hydrogen-bond donors (Lipinski definition) is 1. The van der Waals surface area contributed by atoms with Crippen molar-refractivity contribution in [2.75, 3.05) is 6.61 Å². The van der Waals surface area contributed by atoms with Crippen molar-refractivity contribution in [2.24, 2.45) is 0 Å². The first-order chi connectivity index (χ1) is 14.5. The number of ether oxygens (including phenoxy) is 1. The van der Waals surface area contributed by atoms with Gasteiger partial charge in [0.15, 0.2) is 11.6 Å². The molecule has 4 rings (SSSR count). The second kappa shape index (κ2) is 8.42. The van der Waals surface area contributed by atoms with E-state index >= 15 is 0 Å². The van der Waals surface area contributed by atoms with Crippen LogP contribution in [0.15, 0.2) is 77.6 Å². The Hall–Kier alpha value is -3.58. The summed E-state index contributed by atoms with van der Waals surface area (Å²) in [6.45, 7) is -0.361. The minimum atomic E-state index is -1.10. The molecule has 0 radical (unpaired) electrons. The number of aliphatic hydroxyl groups excluding tert-OH is 1. The highest BCUT2D eigenvalue weighted by molar-refractivity contribution is 5.93. The standard InChI is InChI=1S/C23H18F2N2O3/c24-16-11-9-15(10-12-16)22-18-5-1-2-6-19(18)23(29)27(26-22)13-17(28)14-30-21-8-4-3-7-20(21)25/h1-12,17,28H,13-14H2. The van der Waals surface area contributed by atoms with Crippen molar-refractivity contribution in [1.29, 1.82) is 0 Å². The molecule has 0 aliphatic heterocycles. The van der Waals surface area contributed by atoms with Gasteiger partial charge in [-0.3, -0.25) is 4.79 Å². The third-order valence-corrected chi connectivity index (χ3v) is 4.64. The number of benzene rings is 3. The SMILES string of the molecule is O=c1c2ccccc2c(-c2ccc(F)cc2)nn1CC(O)COc1ccccc1F. The highest BCUT2D eigenvalue weighted by Crippen LogP contribution is 2.25. The number of nitrogens with zero attached hydrogens (tertiary/aromatic N) is 2. The van der Waals surface area contributed by atoms with Gasteiger partial charge in [0.2, 0.25) is 0 Å². The van der Waals surface area contributed by atoms with Gasteiger partial charge in [0.1, 0.15) is 18.5 Å². The van der Waals surface area contributed by atoms with Crippen molar-refractivity contribution in [1.82, 2.24) is 9.78 Å². The predicted molar refractivity (Wildman–Crippen MR) is 109 cm³/mol. The highest BCUT2D eigenvalue weighted by Gasteiger charge is 2.15. The molecule has 152 valence electrons. The van der Waals surface area contributed by atoms with Crippen LogP contribution in [0.2, 0.25) is 0 Å². The zero-order chi connectivity index (χ0) is 21.1. The lowest BCUT2D eigenvalue weighted by Gasteiger charge is -2.15. The summed E-state index contributed by atoms with van der Waals surface area (Å²) in [5, 5.41) is 15.8. The van der Waals surface area contributed by atoms with Crippen molar-refractivity contribution in [3.8, 4) is 17.0 Å². The number of rotatable bonds is 6. The second-order valence-corrected chi connectivity index (χ2v) is 6.78. The molecule has 0 amide bonds. The Labute approximate surface area is 170 Å². The van der Waals surface area contributed by atoms with E-state index in [0.717, 1.165) is 4.68 Å². The van der Waals surface area contributed by atoms with Gasteiger partial charge >= 0.3 is 0 Å². The maximum Gasteiger partial charge on any atom is 0.274 e. The molecule has 0 saturated carbocycles. The van der Waals surface area contributed by atoms with Crippen molar-refractivity contribution in [3.63, 3.8) is 0 Å². The molecule has 0 aliphatic carbocycles. The van der Waals surface area contributed by atoms with E-state index in [0.29, 0.717) is 22.0 Å². The summed E-state index contributed by atoms with van der Waals surface area (Å²) < 4.78 is 33.5. The Balaban J connectivity index is 1.65. The fourth-order valence-electron chi connectivity index (χ4n) is 3.18. The molecule has 0 spiro atoms. The summed E-state index contributed by atoms with van der Waals surface area (Å²) in [5.74, 6) is -0.899. The minimum Gasteiger partial charge on any atom is -0.488 e. The van der Waals surface area contributed by atoms with Gasteiger partial charge in [0.05, 0.1) is 17.6 Å². The van der Waals surface area contributed by atoms with Crippen LogP contribution < -0.4 is 10.3 Å². The molecule has 30 heavy (non-hydrogen) atoms. The fourth-order valence-corrected chi connectivity index (χ4v) is 3.18. The van der Waals surface area contributed by atoms with E-state index in [-0.39, 0.29) is 30.3 Å². The lowest BCUT2D eigenvalue weighted by atomic mass is 10.1. The van der Waals surface area contributed by atoms with Gasteiger partial charge in [-0.05, 0) is 42.5 Å². The smallest absolute Gasteiger partial charge is 0.274 e. The average molecular weight is 408 g/mol. The Morgan fingerprint density at radius 3 is 2.33 bits per heavy atom. The van der Waals surface area contributed by atoms with Crippen molar-refractivity contribution < 1.29 is 18.6 Å². The molecule has 1 unspecified atom stereocenters. The molecular weight excluding hydrogens is 390 g/mol. The summed E-state index contributed by atoms with van der Waals surface area (Å²) >= 11 is 0. The van der Waals surface area contributed by atoms with Crippen LogP contribution in [0.3, 0.4) is 0 Å². The van der Waals surface area contributed by atoms with E-state index in [9.17, 15) is 18.7 Å². The molecule has 0 aliphatic rings. The number of halogens is 2. The molecular formula is C23H18F2N2O3. The zero-order valence-electron chi connectivity index (χ0n) is 15.8. The third-order valence-electron chi connectivity index (χ3n) is 4.64. The first-order valence-electron chi connectivity index (χ1n) is 9.34. The van der Waals surface area contributed by atoms with Crippen molar-refractivity contribution in [3.05, 3.63) is 94.8 Å². The van der Waals surface area contributed by atoms with Gasteiger partial charge in [-0.1, -0.05) is 30.3 Å². The lowest BCUT2D eigenvalue weighted by molar-refractivity contribution is 0.0863. The maximum absolute atomic E-state index is 13.7. The molecule has 0 fully saturated rings. The van der Waals surface area contributed by atoms with Gasteiger partial charge in [-0.15, -0.1) is 0 Å². The summed E-state index contributed by atoms with van der Waals surface area (Å²) in [6, 6.07) is 18.6. The molecule has 5 nitrogen and oxygen atoms in total. The number of para-hydroxylation sites is 1. The lowest BCUT2D eigenvalue weighted by Crippen LogP contribution is -2.32. The van der Waals surface area contributed by atoms with E-state index in [1.807, 2.05) is 0 Å². The topological polar surface area (TPSA) is 64.4 Å². The van der Waals surface area contributed by atoms with Crippen molar-refractivity contribution in [2.45, 2.75) is 12.6 Å². The van der Waals surface area contributed by atoms with Gasteiger partial charge < -0.3 is 9.84 Å². The molecule has 1 aromatic heterocycles. The number of aliphatic hydroxyl groups is 1. The van der Waals surface area contributed by atoms with E-state index < -0.39 is 11.9 Å². The monoisotopic (exact) mass is 408 g/mol. The van der Waals surface area contributed by atoms with Crippen LogP contribution in [0.4, 0.5) is 8.78 Å². The Kier molecular flexibility index (Phi) is 5.54. The van der Waals surface area contributed by atoms with Crippen LogP contribution in [0.25, 0.3) is 22.0 Å². The van der Waals surface area contributed by atoms with Gasteiger partial charge in [0, 0.05) is 10.9 Å². The van der Waals surface area contributed by atoms with Crippen molar-refractivity contribution >= 4 is 10.8 Å². The summed E-state index contributed by atoms with van der Waals surface area (Å²) in [5.41, 5.74) is 0.757. The molecule has 0 bridgehead atoms. The van der Waals surface area contributed by atoms with Crippen LogP contribution in [0, 0.1) is 11.6 Å². The number of fused-ring (bicyclic) bond motifs is 1. The number of aromatic nitrogens is 2. The maximum atomic E-state index is 13.7. The van der Waals surface area contributed by atoms with Crippen LogP contribution in [-0.2, 0) is 6.54 Å². The van der Waals surface area contributed by atoms with E-state index in [1.165, 1.54) is 30.3 Å². The van der Waals surface area contributed by atoms with Crippen LogP contribution in [0.1, 0.15) is 0 Å². The minimum absolute atomic E-state index is 0.0161. The summed E-state index contributed by atoms with van der Waals surface area (Å²) in [4.78, 5) is 12.9. The predicted octanol–water partition coefficient (Wildman–Crippen LogP) is 3.78. The second-order valence-electron chi connectivity index (χ2n) is 6.78. The summed E-state index contributed by atoms with van der Waals surface area (Å²) in [7, 11) is 0. The average Bonchev–Trinajstić information content (AvgIpc) is 2.76. The van der Waals surface area contributed by atoms with Gasteiger partial charge in [0.25, 0.3) is 5.56 Å². The first kappa shape index (κ1) is 19.7. The third kappa shape index (κ3) is 4.06. The Morgan fingerprint density at radius 1 is 0.933 bits per heavy atom. The normalized spacial score (nSPS) is 12.1. The zero-order valence-corrected chi connectivity index (χ0v) is 15.8. The van der Waals surface area contributed by atoms with E-state index in [1.54, 1.807) is 42.5 Å². The highest BCUT2D eigenvalue weighted by atomic mass is 19.1. The van der Waals surface area contributed by atoms with Gasteiger partial charge in [-0.25, -0.2) is 13.5 Å². The van der Waals surface area contributed by atoms with Crippen LogP contribution in [-0.4, -0.2) is 27.6 Å². The quantitative estimate of drug-likeness (QED) is 0.527. The molecule has 1 heterocycles. The molecule has 3 aromatic carbocycles. The fraction of sp³-hybridized carbons (Fsp3) is 0.130. The van der Waals surface area contributed by atoms with Crippen LogP contribution >= 0.6 is 0 Å². The Morgan fingerprint density at radius 2 is 1.60 bits per heavy atom. The van der Waals surface area contributed by atoms with Crippen LogP contribution in [0.5, 0.6) is 5.75 Å². The van der Waals surface area contributed by atoms with E-state index in [4.69, 9.17) is 4.74 Å². The molecule has 1 atom stereocenters. The molecule has 4 aromatic rings. The molecule has 0 saturated heterocycles. The first-order valence-corrected chi connectivity index (χ1v) is 9.34. The van der Waals surface area contributed by atoms with E-state index in [2.05, 4.69) is 5.10 Å². The largest absolute Gasteiger partial charge is 0.488 e. The number of hydrogen-bond acceptors (Lipinski definition) is 4. The summed E-state index contributed by atoms with van der Waals surface area (Å²) in [6.07, 6.45) is -1.10. The molecule has 1 N–H and O–H groups in total.